The van der Waals surface area contributed by atoms with Crippen LogP contribution in [0.4, 0.5) is 0 Å². The van der Waals surface area contributed by atoms with Gasteiger partial charge in [0.05, 0.1) is 6.42 Å². The van der Waals surface area contributed by atoms with Crippen LogP contribution in [0.25, 0.3) is 11.1 Å². The molecule has 1 aromatic carbocycles. The predicted molar refractivity (Wildman–Crippen MR) is 75.5 cm³/mol. The lowest BCUT2D eigenvalue weighted by Gasteiger charge is -2.35. The SMILES string of the molecule is O=C(O)CC1(Cc2nc3ccccc3o2)CCCCC1. The van der Waals surface area contributed by atoms with Crippen LogP contribution in [0.3, 0.4) is 0 Å². The van der Waals surface area contributed by atoms with Gasteiger partial charge >= 0.3 is 5.97 Å². The molecule has 0 saturated heterocycles. The first-order valence-electron chi connectivity index (χ1n) is 7.23. The molecule has 3 rings (SSSR count). The number of oxazole rings is 1. The molecular formula is C16H19NO3. The molecule has 1 saturated carbocycles. The monoisotopic (exact) mass is 273 g/mol. The van der Waals surface area contributed by atoms with Crippen molar-refractivity contribution in [3.8, 4) is 0 Å². The molecule has 0 bridgehead atoms. The molecule has 4 nitrogen and oxygen atoms in total. The summed E-state index contributed by atoms with van der Waals surface area (Å²) >= 11 is 0. The third-order valence-electron chi connectivity index (χ3n) is 4.30. The van der Waals surface area contributed by atoms with Crippen LogP contribution in [0.5, 0.6) is 0 Å². The van der Waals surface area contributed by atoms with Crippen LogP contribution in [-0.4, -0.2) is 16.1 Å². The van der Waals surface area contributed by atoms with E-state index in [9.17, 15) is 9.90 Å². The maximum Gasteiger partial charge on any atom is 0.303 e. The summed E-state index contributed by atoms with van der Waals surface area (Å²) in [5.41, 5.74) is 1.46. The van der Waals surface area contributed by atoms with Crippen molar-refractivity contribution in [3.63, 3.8) is 0 Å². The molecule has 1 heterocycles. The minimum Gasteiger partial charge on any atom is -0.481 e. The normalized spacial score (nSPS) is 18.2. The van der Waals surface area contributed by atoms with Crippen LogP contribution in [0, 0.1) is 5.41 Å². The van der Waals surface area contributed by atoms with Gasteiger partial charge in [0.1, 0.15) is 5.52 Å². The molecule has 1 aliphatic carbocycles. The number of carboxylic acid groups (broad SMARTS) is 1. The number of nitrogens with zero attached hydrogens (tertiary/aromatic N) is 1. The summed E-state index contributed by atoms with van der Waals surface area (Å²) < 4.78 is 5.77. The topological polar surface area (TPSA) is 63.3 Å². The highest BCUT2D eigenvalue weighted by Crippen LogP contribution is 2.42. The van der Waals surface area contributed by atoms with Crippen molar-refractivity contribution < 1.29 is 14.3 Å². The van der Waals surface area contributed by atoms with Crippen LogP contribution in [0.15, 0.2) is 28.7 Å². The Labute approximate surface area is 117 Å². The van der Waals surface area contributed by atoms with Crippen molar-refractivity contribution in [2.24, 2.45) is 5.41 Å². The Hall–Kier alpha value is -1.84. The first-order valence-corrected chi connectivity index (χ1v) is 7.23. The Morgan fingerprint density at radius 2 is 2.00 bits per heavy atom. The van der Waals surface area contributed by atoms with Crippen molar-refractivity contribution in [3.05, 3.63) is 30.2 Å². The van der Waals surface area contributed by atoms with Crippen molar-refractivity contribution >= 4 is 17.1 Å². The average molecular weight is 273 g/mol. The quantitative estimate of drug-likeness (QED) is 0.920. The van der Waals surface area contributed by atoms with E-state index in [0.717, 1.165) is 36.8 Å². The largest absolute Gasteiger partial charge is 0.481 e. The van der Waals surface area contributed by atoms with E-state index in [-0.39, 0.29) is 11.8 Å². The third kappa shape index (κ3) is 2.69. The maximum atomic E-state index is 11.2. The van der Waals surface area contributed by atoms with Crippen LogP contribution >= 0.6 is 0 Å². The zero-order valence-electron chi connectivity index (χ0n) is 11.5. The molecule has 1 fully saturated rings. The molecule has 0 radical (unpaired) electrons. The van der Waals surface area contributed by atoms with Gasteiger partial charge in [-0.2, -0.15) is 0 Å². The summed E-state index contributed by atoms with van der Waals surface area (Å²) in [6.45, 7) is 0. The predicted octanol–water partition coefficient (Wildman–Crippen LogP) is 3.80. The molecule has 1 N–H and O–H groups in total. The summed E-state index contributed by atoms with van der Waals surface area (Å²) in [5.74, 6) is -0.0441. The Balaban J connectivity index is 1.86. The Bertz CT molecular complexity index is 578. The van der Waals surface area contributed by atoms with E-state index in [4.69, 9.17) is 4.42 Å². The van der Waals surface area contributed by atoms with Crippen molar-refractivity contribution in [1.29, 1.82) is 0 Å². The molecule has 2 aromatic rings. The zero-order valence-corrected chi connectivity index (χ0v) is 11.5. The van der Waals surface area contributed by atoms with E-state index < -0.39 is 5.97 Å². The van der Waals surface area contributed by atoms with Gasteiger partial charge in [-0.05, 0) is 30.4 Å². The maximum absolute atomic E-state index is 11.2. The number of carbonyl (C=O) groups is 1. The fourth-order valence-electron chi connectivity index (χ4n) is 3.35. The Morgan fingerprint density at radius 3 is 2.70 bits per heavy atom. The highest BCUT2D eigenvalue weighted by atomic mass is 16.4. The summed E-state index contributed by atoms with van der Waals surface area (Å²) in [4.78, 5) is 15.7. The lowest BCUT2D eigenvalue weighted by Crippen LogP contribution is -2.29. The lowest BCUT2D eigenvalue weighted by atomic mass is 9.69. The summed E-state index contributed by atoms with van der Waals surface area (Å²) in [7, 11) is 0. The number of carboxylic acids is 1. The first kappa shape index (κ1) is 13.2. The number of aliphatic carboxylic acids is 1. The second-order valence-corrected chi connectivity index (χ2v) is 5.88. The Kier molecular flexibility index (Phi) is 3.47. The summed E-state index contributed by atoms with van der Waals surface area (Å²) in [6.07, 6.45) is 6.17. The molecular weight excluding hydrogens is 254 g/mol. The van der Waals surface area contributed by atoms with E-state index in [1.54, 1.807) is 0 Å². The van der Waals surface area contributed by atoms with Crippen LogP contribution < -0.4 is 0 Å². The van der Waals surface area contributed by atoms with E-state index >= 15 is 0 Å². The van der Waals surface area contributed by atoms with Crippen LogP contribution in [-0.2, 0) is 11.2 Å². The summed E-state index contributed by atoms with van der Waals surface area (Å²) in [5, 5.41) is 9.20. The van der Waals surface area contributed by atoms with Gasteiger partial charge in [0.2, 0.25) is 0 Å². The molecule has 0 amide bonds. The second kappa shape index (κ2) is 5.27. The average Bonchev–Trinajstić information content (AvgIpc) is 2.80. The van der Waals surface area contributed by atoms with Crippen molar-refractivity contribution in [1.82, 2.24) is 4.98 Å². The first-order chi connectivity index (χ1) is 9.67. The van der Waals surface area contributed by atoms with E-state index in [0.29, 0.717) is 12.3 Å². The fourth-order valence-corrected chi connectivity index (χ4v) is 3.35. The highest BCUT2D eigenvalue weighted by molar-refractivity contribution is 5.72. The number of benzene rings is 1. The summed E-state index contributed by atoms with van der Waals surface area (Å²) in [6, 6.07) is 7.68. The molecule has 0 unspecified atom stereocenters. The third-order valence-corrected chi connectivity index (χ3v) is 4.30. The fraction of sp³-hybridized carbons (Fsp3) is 0.500. The van der Waals surface area contributed by atoms with Crippen molar-refractivity contribution in [2.75, 3.05) is 0 Å². The van der Waals surface area contributed by atoms with E-state index in [2.05, 4.69) is 4.98 Å². The van der Waals surface area contributed by atoms with Gasteiger partial charge in [-0.3, -0.25) is 4.79 Å². The molecule has 1 aliphatic rings. The van der Waals surface area contributed by atoms with Gasteiger partial charge in [-0.15, -0.1) is 0 Å². The lowest BCUT2D eigenvalue weighted by molar-refractivity contribution is -0.140. The number of fused-ring (bicyclic) bond motifs is 1. The number of aromatic nitrogens is 1. The molecule has 4 heteroatoms. The molecule has 1 aromatic heterocycles. The van der Waals surface area contributed by atoms with Gasteiger partial charge in [0.15, 0.2) is 11.5 Å². The minimum absolute atomic E-state index is 0.176. The van der Waals surface area contributed by atoms with Gasteiger partial charge in [0, 0.05) is 6.42 Å². The highest BCUT2D eigenvalue weighted by Gasteiger charge is 2.36. The van der Waals surface area contributed by atoms with Gasteiger partial charge in [-0.1, -0.05) is 31.4 Å². The number of para-hydroxylation sites is 2. The van der Waals surface area contributed by atoms with Crippen molar-refractivity contribution in [2.45, 2.75) is 44.9 Å². The number of hydrogen-bond donors (Lipinski definition) is 1. The van der Waals surface area contributed by atoms with Gasteiger partial charge in [0.25, 0.3) is 0 Å². The van der Waals surface area contributed by atoms with Gasteiger partial charge in [-0.25, -0.2) is 4.98 Å². The Morgan fingerprint density at radius 1 is 1.25 bits per heavy atom. The standard InChI is InChI=1S/C16H19NO3/c18-15(19)11-16(8-4-1-5-9-16)10-14-17-12-6-2-3-7-13(12)20-14/h2-3,6-7H,1,4-5,8-11H2,(H,18,19). The smallest absolute Gasteiger partial charge is 0.303 e. The molecule has 0 atom stereocenters. The molecule has 20 heavy (non-hydrogen) atoms. The molecule has 0 aliphatic heterocycles. The minimum atomic E-state index is -0.719. The van der Waals surface area contributed by atoms with Crippen LogP contribution in [0.1, 0.15) is 44.4 Å². The van der Waals surface area contributed by atoms with Crippen LogP contribution in [0.2, 0.25) is 0 Å². The number of rotatable bonds is 4. The molecule has 0 spiro atoms. The van der Waals surface area contributed by atoms with Gasteiger partial charge < -0.3 is 9.52 Å². The second-order valence-electron chi connectivity index (χ2n) is 5.88. The van der Waals surface area contributed by atoms with E-state index in [1.807, 2.05) is 24.3 Å². The number of hydrogen-bond acceptors (Lipinski definition) is 3. The molecule has 106 valence electrons. The zero-order chi connectivity index (χ0) is 14.0. The van der Waals surface area contributed by atoms with E-state index in [1.165, 1.54) is 6.42 Å².